The van der Waals surface area contributed by atoms with Gasteiger partial charge in [-0.1, -0.05) is 6.07 Å². The van der Waals surface area contributed by atoms with Gasteiger partial charge in [0.15, 0.2) is 11.5 Å². The Bertz CT molecular complexity index is 1000. The van der Waals surface area contributed by atoms with Crippen LogP contribution in [-0.4, -0.2) is 12.8 Å². The quantitative estimate of drug-likeness (QED) is 0.413. The zero-order chi connectivity index (χ0) is 17.2. The van der Waals surface area contributed by atoms with Crippen LogP contribution in [0.4, 0.5) is 0 Å². The molecule has 2 aromatic carbocycles. The number of hydrogen-bond donors (Lipinski definition) is 0. The van der Waals surface area contributed by atoms with Crippen molar-refractivity contribution in [1.29, 1.82) is 0 Å². The number of ether oxygens (including phenoxy) is 3. The lowest BCUT2D eigenvalue weighted by Crippen LogP contribution is -2.09. The van der Waals surface area contributed by atoms with Crippen LogP contribution in [0, 0.1) is 0 Å². The minimum absolute atomic E-state index is 0.219. The molecule has 1 aliphatic rings. The maximum absolute atomic E-state index is 12.1. The number of rotatable bonds is 4. The number of carbonyl (C=O) groups is 1. The molecule has 0 fully saturated rings. The fraction of sp³-hybridized carbons (Fsp3) is 0.158. The maximum Gasteiger partial charge on any atom is 0.336 e. The lowest BCUT2D eigenvalue weighted by molar-refractivity contribution is -0.134. The molecular weight excluding hydrogens is 324 g/mol. The van der Waals surface area contributed by atoms with E-state index in [1.165, 1.54) is 12.1 Å². The predicted octanol–water partition coefficient (Wildman–Crippen LogP) is 3.06. The molecule has 0 amide bonds. The van der Waals surface area contributed by atoms with Gasteiger partial charge in [-0.3, -0.25) is 4.79 Å². The first-order valence-corrected chi connectivity index (χ1v) is 7.80. The van der Waals surface area contributed by atoms with Gasteiger partial charge in [0, 0.05) is 23.9 Å². The highest BCUT2D eigenvalue weighted by Crippen LogP contribution is 2.32. The van der Waals surface area contributed by atoms with E-state index in [-0.39, 0.29) is 19.2 Å². The van der Waals surface area contributed by atoms with E-state index in [1.807, 2.05) is 18.2 Å². The Morgan fingerprint density at radius 2 is 1.84 bits per heavy atom. The summed E-state index contributed by atoms with van der Waals surface area (Å²) in [6, 6.07) is 13.5. The normalized spacial score (nSPS) is 12.3. The molecule has 0 aliphatic carbocycles. The van der Waals surface area contributed by atoms with Crippen molar-refractivity contribution < 1.29 is 23.4 Å². The van der Waals surface area contributed by atoms with E-state index >= 15 is 0 Å². The molecular formula is C19H14O6. The van der Waals surface area contributed by atoms with Gasteiger partial charge in [-0.15, -0.1) is 0 Å². The van der Waals surface area contributed by atoms with Crippen LogP contribution in [0.5, 0.6) is 17.2 Å². The summed E-state index contributed by atoms with van der Waals surface area (Å²) in [5, 5.41) is 0.764. The fourth-order valence-corrected chi connectivity index (χ4v) is 2.63. The molecule has 126 valence electrons. The standard InChI is InChI=1S/C19H14O6/c20-18(7-2-12-1-6-15-17(9-12)23-11-22-15)24-14-5-3-13-4-8-19(21)25-16(13)10-14/h1,3-6,8-10H,2,7,11H2. The van der Waals surface area contributed by atoms with E-state index in [2.05, 4.69) is 0 Å². The van der Waals surface area contributed by atoms with Crippen molar-refractivity contribution in [3.63, 3.8) is 0 Å². The van der Waals surface area contributed by atoms with Gasteiger partial charge in [-0.2, -0.15) is 0 Å². The lowest BCUT2D eigenvalue weighted by atomic mass is 10.1. The molecule has 0 radical (unpaired) electrons. The summed E-state index contributed by atoms with van der Waals surface area (Å²) in [5.74, 6) is 1.38. The van der Waals surface area contributed by atoms with Crippen LogP contribution in [-0.2, 0) is 11.2 Å². The van der Waals surface area contributed by atoms with E-state index in [4.69, 9.17) is 18.6 Å². The SMILES string of the molecule is O=C(CCc1ccc2c(c1)OCO2)Oc1ccc2ccc(=O)oc2c1. The first-order valence-electron chi connectivity index (χ1n) is 7.80. The van der Waals surface area contributed by atoms with Gasteiger partial charge in [0.25, 0.3) is 0 Å². The molecule has 0 saturated carbocycles. The first kappa shape index (κ1) is 15.3. The van der Waals surface area contributed by atoms with Gasteiger partial charge in [0.1, 0.15) is 11.3 Å². The van der Waals surface area contributed by atoms with E-state index in [0.29, 0.717) is 29.3 Å². The highest BCUT2D eigenvalue weighted by Gasteiger charge is 2.14. The van der Waals surface area contributed by atoms with Crippen LogP contribution in [0.15, 0.2) is 57.7 Å². The summed E-state index contributed by atoms with van der Waals surface area (Å²) in [7, 11) is 0. The molecule has 0 unspecified atom stereocenters. The number of benzene rings is 2. The minimum Gasteiger partial charge on any atom is -0.454 e. The predicted molar refractivity (Wildman–Crippen MR) is 89.0 cm³/mol. The van der Waals surface area contributed by atoms with Crippen molar-refractivity contribution in [2.75, 3.05) is 6.79 Å². The molecule has 0 saturated heterocycles. The Morgan fingerprint density at radius 1 is 1.00 bits per heavy atom. The van der Waals surface area contributed by atoms with Gasteiger partial charge < -0.3 is 18.6 Å². The Kier molecular flexibility index (Phi) is 3.85. The molecule has 1 aliphatic heterocycles. The van der Waals surface area contributed by atoms with Gasteiger partial charge in [0.2, 0.25) is 6.79 Å². The zero-order valence-corrected chi connectivity index (χ0v) is 13.2. The Morgan fingerprint density at radius 3 is 2.76 bits per heavy atom. The summed E-state index contributed by atoms with van der Waals surface area (Å²) in [5.41, 5.74) is 0.901. The van der Waals surface area contributed by atoms with Crippen molar-refractivity contribution in [3.8, 4) is 17.2 Å². The van der Waals surface area contributed by atoms with E-state index in [9.17, 15) is 9.59 Å². The summed E-state index contributed by atoms with van der Waals surface area (Å²) >= 11 is 0. The summed E-state index contributed by atoms with van der Waals surface area (Å²) in [4.78, 5) is 23.3. The maximum atomic E-state index is 12.1. The van der Waals surface area contributed by atoms with E-state index in [1.54, 1.807) is 18.2 Å². The van der Waals surface area contributed by atoms with Gasteiger partial charge in [-0.25, -0.2) is 4.79 Å². The average Bonchev–Trinajstić information content (AvgIpc) is 3.07. The highest BCUT2D eigenvalue weighted by molar-refractivity contribution is 5.79. The summed E-state index contributed by atoms with van der Waals surface area (Å²) < 4.78 is 21.0. The fourth-order valence-electron chi connectivity index (χ4n) is 2.63. The topological polar surface area (TPSA) is 75.0 Å². The second-order valence-electron chi connectivity index (χ2n) is 5.62. The van der Waals surface area contributed by atoms with E-state index in [0.717, 1.165) is 10.9 Å². The number of carbonyl (C=O) groups excluding carboxylic acids is 1. The Balaban J connectivity index is 1.41. The highest BCUT2D eigenvalue weighted by atomic mass is 16.7. The number of fused-ring (bicyclic) bond motifs is 2. The Labute approximate surface area is 142 Å². The molecule has 6 heteroatoms. The lowest BCUT2D eigenvalue weighted by Gasteiger charge is -2.06. The molecule has 0 N–H and O–H groups in total. The summed E-state index contributed by atoms with van der Waals surface area (Å²) in [6.45, 7) is 0.221. The van der Waals surface area contributed by atoms with Crippen LogP contribution >= 0.6 is 0 Å². The third-order valence-electron chi connectivity index (χ3n) is 3.88. The molecule has 25 heavy (non-hydrogen) atoms. The molecule has 0 spiro atoms. The van der Waals surface area contributed by atoms with Gasteiger partial charge in [0.05, 0.1) is 0 Å². The third-order valence-corrected chi connectivity index (χ3v) is 3.88. The number of aryl methyl sites for hydroxylation is 1. The van der Waals surface area contributed by atoms with Crippen molar-refractivity contribution in [2.24, 2.45) is 0 Å². The molecule has 4 rings (SSSR count). The summed E-state index contributed by atoms with van der Waals surface area (Å²) in [6.07, 6.45) is 0.745. The monoisotopic (exact) mass is 338 g/mol. The molecule has 1 aromatic heterocycles. The molecule has 0 atom stereocenters. The van der Waals surface area contributed by atoms with E-state index < -0.39 is 5.63 Å². The van der Waals surface area contributed by atoms with Gasteiger partial charge >= 0.3 is 11.6 Å². The van der Waals surface area contributed by atoms with Gasteiger partial charge in [-0.05, 0) is 42.3 Å². The van der Waals surface area contributed by atoms with Crippen LogP contribution < -0.4 is 19.8 Å². The second-order valence-corrected chi connectivity index (χ2v) is 5.62. The largest absolute Gasteiger partial charge is 0.454 e. The van der Waals surface area contributed by atoms with Crippen LogP contribution in [0.3, 0.4) is 0 Å². The third kappa shape index (κ3) is 3.33. The minimum atomic E-state index is -0.446. The molecule has 6 nitrogen and oxygen atoms in total. The van der Waals surface area contributed by atoms with Crippen molar-refractivity contribution in [2.45, 2.75) is 12.8 Å². The second kappa shape index (κ2) is 6.32. The molecule has 2 heterocycles. The van der Waals surface area contributed by atoms with Crippen LogP contribution in [0.2, 0.25) is 0 Å². The smallest absolute Gasteiger partial charge is 0.336 e. The van der Waals surface area contributed by atoms with Crippen LogP contribution in [0.25, 0.3) is 11.0 Å². The molecule has 3 aromatic rings. The number of esters is 1. The average molecular weight is 338 g/mol. The Hall–Kier alpha value is -3.28. The molecule has 0 bridgehead atoms. The van der Waals surface area contributed by atoms with Crippen LogP contribution in [0.1, 0.15) is 12.0 Å². The van der Waals surface area contributed by atoms with Crippen molar-refractivity contribution in [1.82, 2.24) is 0 Å². The van der Waals surface area contributed by atoms with Crippen molar-refractivity contribution >= 4 is 16.9 Å². The first-order chi connectivity index (χ1) is 12.2. The zero-order valence-electron chi connectivity index (χ0n) is 13.2. The van der Waals surface area contributed by atoms with Crippen molar-refractivity contribution in [3.05, 3.63) is 64.5 Å². The number of hydrogen-bond acceptors (Lipinski definition) is 6.